The Morgan fingerprint density at radius 1 is 1.21 bits per heavy atom. The maximum atomic E-state index is 13.3. The Bertz CT molecular complexity index is 1170. The van der Waals surface area contributed by atoms with Gasteiger partial charge in [-0.15, -0.1) is 0 Å². The second-order valence-electron chi connectivity index (χ2n) is 7.03. The van der Waals surface area contributed by atoms with E-state index in [4.69, 9.17) is 9.15 Å². The van der Waals surface area contributed by atoms with Crippen LogP contribution in [-0.2, 0) is 14.8 Å². The van der Waals surface area contributed by atoms with E-state index in [2.05, 4.69) is 4.98 Å². The predicted octanol–water partition coefficient (Wildman–Crippen LogP) is 4.26. The first-order valence-electron chi connectivity index (χ1n) is 9.31. The minimum absolute atomic E-state index is 0.0133. The van der Waals surface area contributed by atoms with Crippen molar-refractivity contribution in [2.75, 3.05) is 18.0 Å². The molecule has 0 atom stereocenters. The smallest absolute Gasteiger partial charge is 0.338 e. The second-order valence-corrected chi connectivity index (χ2v) is 8.90. The van der Waals surface area contributed by atoms with Gasteiger partial charge in [0, 0.05) is 6.54 Å². The quantitative estimate of drug-likeness (QED) is 0.558. The summed E-state index contributed by atoms with van der Waals surface area (Å²) in [7, 11) is -2.73. The summed E-state index contributed by atoms with van der Waals surface area (Å²) in [5.74, 6) is -0.547. The van der Waals surface area contributed by atoms with Crippen LogP contribution in [0.2, 0.25) is 0 Å². The number of hydrogen-bond donors (Lipinski definition) is 0. The van der Waals surface area contributed by atoms with E-state index in [1.165, 1.54) is 19.2 Å². The van der Waals surface area contributed by atoms with Crippen molar-refractivity contribution in [2.24, 2.45) is 0 Å². The van der Waals surface area contributed by atoms with Gasteiger partial charge in [0.25, 0.3) is 10.0 Å². The molecule has 0 saturated heterocycles. The van der Waals surface area contributed by atoms with E-state index in [1.54, 1.807) is 19.1 Å². The minimum Gasteiger partial charge on any atom is -0.465 e. The highest BCUT2D eigenvalue weighted by molar-refractivity contribution is 7.92. The van der Waals surface area contributed by atoms with Crippen LogP contribution < -0.4 is 4.31 Å². The standard InChI is InChI=1S/C21H24N2O5S/c1-6-23(21-22-18-11-14(4)7-10-19(18)28-21)29(25,26)15-8-9-16(13(2)3)17(12-15)20(24)27-5/h7-13H,6H2,1-5H3. The average molecular weight is 416 g/mol. The molecule has 0 amide bonds. The number of aryl methyl sites for hydroxylation is 1. The molecule has 0 fully saturated rings. The summed E-state index contributed by atoms with van der Waals surface area (Å²) in [6.45, 7) is 7.59. The molecule has 1 heterocycles. The molecule has 0 radical (unpaired) electrons. The fourth-order valence-corrected chi connectivity index (χ4v) is 4.54. The third-order valence-electron chi connectivity index (χ3n) is 4.67. The molecule has 0 N–H and O–H groups in total. The fourth-order valence-electron chi connectivity index (χ4n) is 3.15. The first-order chi connectivity index (χ1) is 13.7. The lowest BCUT2D eigenvalue weighted by atomic mass is 9.97. The van der Waals surface area contributed by atoms with Crippen molar-refractivity contribution < 1.29 is 22.4 Å². The highest BCUT2D eigenvalue weighted by Crippen LogP contribution is 2.29. The number of rotatable bonds is 6. The zero-order chi connectivity index (χ0) is 21.3. The first kappa shape index (κ1) is 20.9. The maximum absolute atomic E-state index is 13.3. The van der Waals surface area contributed by atoms with Gasteiger partial charge in [0.1, 0.15) is 5.52 Å². The number of carbonyl (C=O) groups is 1. The van der Waals surface area contributed by atoms with Crippen LogP contribution in [-0.4, -0.2) is 33.0 Å². The van der Waals surface area contributed by atoms with Gasteiger partial charge in [-0.3, -0.25) is 0 Å². The van der Waals surface area contributed by atoms with Gasteiger partial charge in [0.2, 0.25) is 0 Å². The molecule has 0 bridgehead atoms. The van der Waals surface area contributed by atoms with Crippen LogP contribution in [0, 0.1) is 6.92 Å². The van der Waals surface area contributed by atoms with Gasteiger partial charge in [-0.25, -0.2) is 17.5 Å². The van der Waals surface area contributed by atoms with E-state index >= 15 is 0 Å². The van der Waals surface area contributed by atoms with Crippen molar-refractivity contribution in [3.63, 3.8) is 0 Å². The third-order valence-corrected chi connectivity index (χ3v) is 6.52. The van der Waals surface area contributed by atoms with Gasteiger partial charge in [0.05, 0.1) is 17.6 Å². The molecule has 3 aromatic rings. The van der Waals surface area contributed by atoms with Gasteiger partial charge in [0.15, 0.2) is 5.58 Å². The summed E-state index contributed by atoms with van der Waals surface area (Å²) in [5.41, 5.74) is 3.03. The number of sulfonamides is 1. The molecule has 2 aromatic carbocycles. The summed E-state index contributed by atoms with van der Waals surface area (Å²) in [4.78, 5) is 16.5. The van der Waals surface area contributed by atoms with Crippen molar-refractivity contribution in [2.45, 2.75) is 38.5 Å². The number of ether oxygens (including phenoxy) is 1. The summed E-state index contributed by atoms with van der Waals surface area (Å²) in [6, 6.07) is 9.94. The van der Waals surface area contributed by atoms with Gasteiger partial charge in [-0.2, -0.15) is 4.98 Å². The van der Waals surface area contributed by atoms with Crippen molar-refractivity contribution in [3.05, 3.63) is 53.1 Å². The molecular weight excluding hydrogens is 392 g/mol. The Morgan fingerprint density at radius 2 is 1.93 bits per heavy atom. The van der Waals surface area contributed by atoms with Crippen LogP contribution in [0.4, 0.5) is 6.01 Å². The van der Waals surface area contributed by atoms with E-state index < -0.39 is 16.0 Å². The number of nitrogens with zero attached hydrogens (tertiary/aromatic N) is 2. The zero-order valence-corrected chi connectivity index (χ0v) is 17.9. The largest absolute Gasteiger partial charge is 0.465 e. The summed E-state index contributed by atoms with van der Waals surface area (Å²) >= 11 is 0. The van der Waals surface area contributed by atoms with Gasteiger partial charge in [-0.05, 0) is 55.2 Å². The van der Waals surface area contributed by atoms with Crippen molar-refractivity contribution in [1.82, 2.24) is 4.98 Å². The molecule has 29 heavy (non-hydrogen) atoms. The molecule has 3 rings (SSSR count). The molecule has 0 aliphatic rings. The number of anilines is 1. The number of methoxy groups -OCH3 is 1. The molecule has 154 valence electrons. The lowest BCUT2D eigenvalue weighted by molar-refractivity contribution is 0.0598. The highest BCUT2D eigenvalue weighted by Gasteiger charge is 2.29. The van der Waals surface area contributed by atoms with Crippen LogP contribution in [0.1, 0.15) is 48.2 Å². The molecule has 1 aromatic heterocycles. The Balaban J connectivity index is 2.11. The van der Waals surface area contributed by atoms with Crippen LogP contribution in [0.5, 0.6) is 0 Å². The number of aromatic nitrogens is 1. The highest BCUT2D eigenvalue weighted by atomic mass is 32.2. The lowest BCUT2D eigenvalue weighted by Gasteiger charge is -2.20. The molecule has 0 spiro atoms. The molecule has 0 aliphatic heterocycles. The van der Waals surface area contributed by atoms with Gasteiger partial charge >= 0.3 is 12.0 Å². The number of oxazole rings is 1. The second kappa shape index (κ2) is 7.87. The SMILES string of the molecule is CCN(c1nc2cc(C)ccc2o1)S(=O)(=O)c1ccc(C(C)C)c(C(=O)OC)c1. The molecule has 0 saturated carbocycles. The van der Waals surface area contributed by atoms with Crippen molar-refractivity contribution in [1.29, 1.82) is 0 Å². The van der Waals surface area contributed by atoms with E-state index in [9.17, 15) is 13.2 Å². The monoisotopic (exact) mass is 416 g/mol. The zero-order valence-electron chi connectivity index (χ0n) is 17.1. The summed E-state index contributed by atoms with van der Waals surface area (Å²) in [5, 5.41) is 0. The van der Waals surface area contributed by atoms with Gasteiger partial charge in [-0.1, -0.05) is 26.0 Å². The van der Waals surface area contributed by atoms with Crippen LogP contribution >= 0.6 is 0 Å². The minimum atomic E-state index is -4.00. The van der Waals surface area contributed by atoms with Crippen molar-refractivity contribution in [3.8, 4) is 0 Å². The predicted molar refractivity (Wildman–Crippen MR) is 111 cm³/mol. The topological polar surface area (TPSA) is 89.7 Å². The fraction of sp³-hybridized carbons (Fsp3) is 0.333. The number of hydrogen-bond acceptors (Lipinski definition) is 6. The van der Waals surface area contributed by atoms with E-state index in [0.29, 0.717) is 11.1 Å². The Kier molecular flexibility index (Phi) is 5.66. The normalized spacial score (nSPS) is 11.8. The number of fused-ring (bicyclic) bond motifs is 1. The summed E-state index contributed by atoms with van der Waals surface area (Å²) in [6.07, 6.45) is 0. The average Bonchev–Trinajstić information content (AvgIpc) is 3.09. The molecule has 7 nitrogen and oxygen atoms in total. The molecule has 8 heteroatoms. The van der Waals surface area contributed by atoms with Crippen LogP contribution in [0.3, 0.4) is 0 Å². The number of benzene rings is 2. The van der Waals surface area contributed by atoms with E-state index in [1.807, 2.05) is 32.9 Å². The Hall–Kier alpha value is -2.87. The molecule has 0 aliphatic carbocycles. The van der Waals surface area contributed by atoms with Gasteiger partial charge < -0.3 is 9.15 Å². The Labute approximate surface area is 170 Å². The lowest BCUT2D eigenvalue weighted by Crippen LogP contribution is -2.31. The Morgan fingerprint density at radius 3 is 2.55 bits per heavy atom. The summed E-state index contributed by atoms with van der Waals surface area (Å²) < 4.78 is 38.3. The first-order valence-corrected chi connectivity index (χ1v) is 10.7. The van der Waals surface area contributed by atoms with Crippen molar-refractivity contribution >= 4 is 33.1 Å². The molecular formula is C21H24N2O5S. The number of carbonyl (C=O) groups excluding carboxylic acids is 1. The number of esters is 1. The van der Waals surface area contributed by atoms with Crippen LogP contribution in [0.25, 0.3) is 11.1 Å². The van der Waals surface area contributed by atoms with E-state index in [-0.39, 0.29) is 28.9 Å². The third kappa shape index (κ3) is 3.85. The van der Waals surface area contributed by atoms with E-state index in [0.717, 1.165) is 15.4 Å². The molecule has 0 unspecified atom stereocenters. The maximum Gasteiger partial charge on any atom is 0.338 e. The van der Waals surface area contributed by atoms with Crippen LogP contribution in [0.15, 0.2) is 45.7 Å².